The molecule has 0 aliphatic heterocycles. The molecule has 160 valence electrons. The minimum atomic E-state index is -4.13. The number of benzene rings is 3. The maximum Gasteiger partial charge on any atom is 0.429 e. The van der Waals surface area contributed by atoms with E-state index in [1.54, 1.807) is 0 Å². The van der Waals surface area contributed by atoms with Gasteiger partial charge in [0.2, 0.25) is 0 Å². The number of ether oxygens (including phenoxy) is 1. The van der Waals surface area contributed by atoms with Gasteiger partial charge in [-0.3, -0.25) is 0 Å². The zero-order valence-electron chi connectivity index (χ0n) is 16.7. The first-order chi connectivity index (χ1) is 14.7. The zero-order chi connectivity index (χ0) is 22.3. The van der Waals surface area contributed by atoms with Crippen molar-refractivity contribution in [1.82, 2.24) is 0 Å². The third kappa shape index (κ3) is 4.07. The zero-order valence-corrected chi connectivity index (χ0v) is 16.7. The molecule has 1 unspecified atom stereocenters. The molecule has 0 spiro atoms. The minimum Gasteiger partial charge on any atom is -0.429 e. The second-order valence-electron chi connectivity index (χ2n) is 7.82. The molecule has 1 aliphatic rings. The second-order valence-corrected chi connectivity index (χ2v) is 7.82. The quantitative estimate of drug-likeness (QED) is 0.387. The van der Waals surface area contributed by atoms with E-state index < -0.39 is 40.4 Å². The summed E-state index contributed by atoms with van der Waals surface area (Å²) in [7, 11) is 0. The lowest BCUT2D eigenvalue weighted by molar-refractivity contribution is -0.187. The highest BCUT2D eigenvalue weighted by atomic mass is 19.3. The fourth-order valence-electron chi connectivity index (χ4n) is 3.97. The van der Waals surface area contributed by atoms with Crippen LogP contribution in [0.25, 0.3) is 17.2 Å². The number of rotatable bonds is 5. The van der Waals surface area contributed by atoms with E-state index in [-0.39, 0.29) is 0 Å². The third-order valence-electron chi connectivity index (χ3n) is 5.46. The summed E-state index contributed by atoms with van der Waals surface area (Å²) < 4.78 is 75.9. The van der Waals surface area contributed by atoms with E-state index in [2.05, 4.69) is 18.2 Å². The number of fused-ring (bicyclic) bond motifs is 1. The molecule has 3 aromatic carbocycles. The van der Waals surface area contributed by atoms with Gasteiger partial charge >= 0.3 is 6.11 Å². The molecule has 4 rings (SSSR count). The Morgan fingerprint density at radius 2 is 1.48 bits per heavy atom. The van der Waals surface area contributed by atoms with E-state index in [0.717, 1.165) is 36.6 Å². The molecule has 0 fully saturated rings. The first-order valence-electron chi connectivity index (χ1n) is 9.78. The van der Waals surface area contributed by atoms with Crippen molar-refractivity contribution in [3.63, 3.8) is 0 Å². The highest BCUT2D eigenvalue weighted by Gasteiger charge is 2.38. The van der Waals surface area contributed by atoms with Gasteiger partial charge < -0.3 is 4.74 Å². The van der Waals surface area contributed by atoms with Crippen LogP contribution in [0.1, 0.15) is 29.2 Å². The first-order valence-corrected chi connectivity index (χ1v) is 9.78. The van der Waals surface area contributed by atoms with Crippen LogP contribution in [0.3, 0.4) is 0 Å². The van der Waals surface area contributed by atoms with Crippen molar-refractivity contribution in [3.05, 3.63) is 94.8 Å². The molecule has 0 saturated carbocycles. The summed E-state index contributed by atoms with van der Waals surface area (Å²) in [5.41, 5.74) is 2.11. The van der Waals surface area contributed by atoms with Gasteiger partial charge in [-0.15, -0.1) is 0 Å². The molecule has 1 atom stereocenters. The summed E-state index contributed by atoms with van der Waals surface area (Å²) >= 11 is 0. The summed E-state index contributed by atoms with van der Waals surface area (Å²) in [5, 5.41) is 0. The highest BCUT2D eigenvalue weighted by molar-refractivity contribution is 5.66. The SMILES string of the molecule is C=Cc1c(F)cc(OC(F)(F)c2ccc(-c3ccc4c(c3)CC(C)C4)cc2F)cc1F. The van der Waals surface area contributed by atoms with Gasteiger partial charge in [0, 0.05) is 17.7 Å². The molecule has 0 saturated heterocycles. The Morgan fingerprint density at radius 1 is 0.871 bits per heavy atom. The van der Waals surface area contributed by atoms with Crippen LogP contribution in [0.4, 0.5) is 22.0 Å². The van der Waals surface area contributed by atoms with Gasteiger partial charge in [-0.2, -0.15) is 8.78 Å². The number of alkyl halides is 2. The van der Waals surface area contributed by atoms with Crippen molar-refractivity contribution in [2.45, 2.75) is 25.9 Å². The van der Waals surface area contributed by atoms with Crippen LogP contribution in [0, 0.1) is 23.4 Å². The topological polar surface area (TPSA) is 9.23 Å². The standard InChI is InChI=1S/C25H19F5O/c1-3-20-22(26)12-19(13-23(20)27)31-25(29,30)21-7-6-17(11-24(21)28)16-5-4-15-8-14(2)9-18(15)10-16/h3-7,10-14H,1,8-9H2,2H3. The Kier molecular flexibility index (Phi) is 5.33. The van der Waals surface area contributed by atoms with Crippen molar-refractivity contribution in [1.29, 1.82) is 0 Å². The molecular weight excluding hydrogens is 411 g/mol. The number of hydrogen-bond acceptors (Lipinski definition) is 1. The summed E-state index contributed by atoms with van der Waals surface area (Å²) in [6, 6.07) is 10.3. The van der Waals surface area contributed by atoms with Gasteiger partial charge in [-0.25, -0.2) is 13.2 Å². The van der Waals surface area contributed by atoms with Gasteiger partial charge in [-0.05, 0) is 53.1 Å². The summed E-state index contributed by atoms with van der Waals surface area (Å²) in [4.78, 5) is 0. The fourth-order valence-corrected chi connectivity index (χ4v) is 3.97. The molecule has 0 aromatic heterocycles. The van der Waals surface area contributed by atoms with Crippen molar-refractivity contribution in [2.24, 2.45) is 5.92 Å². The maximum absolute atomic E-state index is 14.6. The number of hydrogen-bond donors (Lipinski definition) is 0. The van der Waals surface area contributed by atoms with E-state index >= 15 is 0 Å². The van der Waals surface area contributed by atoms with Crippen LogP contribution in [-0.4, -0.2) is 0 Å². The molecular formula is C25H19F5O. The lowest BCUT2D eigenvalue weighted by atomic mass is 9.99. The molecule has 0 amide bonds. The Bertz CT molecular complexity index is 1150. The molecule has 31 heavy (non-hydrogen) atoms. The van der Waals surface area contributed by atoms with Gasteiger partial charge in [0.05, 0.1) is 5.56 Å². The lowest BCUT2D eigenvalue weighted by Gasteiger charge is -2.20. The molecule has 6 heteroatoms. The third-order valence-corrected chi connectivity index (χ3v) is 5.46. The Balaban J connectivity index is 1.62. The maximum atomic E-state index is 14.6. The van der Waals surface area contributed by atoms with E-state index in [1.165, 1.54) is 17.2 Å². The van der Waals surface area contributed by atoms with E-state index in [9.17, 15) is 22.0 Å². The van der Waals surface area contributed by atoms with Gasteiger partial charge in [0.1, 0.15) is 23.2 Å². The summed E-state index contributed by atoms with van der Waals surface area (Å²) in [6.07, 6.45) is -1.30. The van der Waals surface area contributed by atoms with Gasteiger partial charge in [-0.1, -0.05) is 43.8 Å². The monoisotopic (exact) mass is 430 g/mol. The second kappa shape index (κ2) is 7.84. The van der Waals surface area contributed by atoms with Crippen LogP contribution < -0.4 is 4.74 Å². The Labute approximate surface area is 176 Å². The molecule has 3 aromatic rings. The fraction of sp³-hybridized carbons (Fsp3) is 0.200. The van der Waals surface area contributed by atoms with E-state index in [0.29, 0.717) is 23.6 Å². The van der Waals surface area contributed by atoms with Crippen LogP contribution in [-0.2, 0) is 19.0 Å². The van der Waals surface area contributed by atoms with Crippen LogP contribution in [0.2, 0.25) is 0 Å². The van der Waals surface area contributed by atoms with Crippen molar-refractivity contribution < 1.29 is 26.7 Å². The van der Waals surface area contributed by atoms with E-state index in [4.69, 9.17) is 0 Å². The normalized spacial score (nSPS) is 15.6. The molecule has 0 bridgehead atoms. The van der Waals surface area contributed by atoms with E-state index in [1.807, 2.05) is 18.2 Å². The Morgan fingerprint density at radius 3 is 2.13 bits per heavy atom. The molecule has 0 heterocycles. The molecule has 1 aliphatic carbocycles. The predicted octanol–water partition coefficient (Wildman–Crippen LogP) is 7.28. The van der Waals surface area contributed by atoms with Crippen LogP contribution in [0.5, 0.6) is 5.75 Å². The predicted molar refractivity (Wildman–Crippen MR) is 109 cm³/mol. The largest absolute Gasteiger partial charge is 0.429 e. The average Bonchev–Trinajstić information content (AvgIpc) is 3.06. The Hall–Kier alpha value is -3.15. The number of halogens is 5. The van der Waals surface area contributed by atoms with Crippen molar-refractivity contribution >= 4 is 6.08 Å². The summed E-state index contributed by atoms with van der Waals surface area (Å²) in [5.74, 6) is -3.62. The lowest BCUT2D eigenvalue weighted by Crippen LogP contribution is -2.23. The molecule has 0 N–H and O–H groups in total. The molecule has 1 nitrogen and oxygen atoms in total. The molecule has 0 radical (unpaired) electrons. The van der Waals surface area contributed by atoms with Crippen LogP contribution >= 0.6 is 0 Å². The average molecular weight is 430 g/mol. The minimum absolute atomic E-state index is 0.451. The first kappa shape index (κ1) is 21.1. The van der Waals surface area contributed by atoms with Crippen LogP contribution in [0.15, 0.2) is 55.1 Å². The summed E-state index contributed by atoms with van der Waals surface area (Å²) in [6.45, 7) is 5.41. The van der Waals surface area contributed by atoms with Crippen molar-refractivity contribution in [2.75, 3.05) is 0 Å². The van der Waals surface area contributed by atoms with Gasteiger partial charge in [0.25, 0.3) is 0 Å². The smallest absolute Gasteiger partial charge is 0.429 e. The highest BCUT2D eigenvalue weighted by Crippen LogP contribution is 2.37. The van der Waals surface area contributed by atoms with Crippen molar-refractivity contribution in [3.8, 4) is 16.9 Å². The van der Waals surface area contributed by atoms with Gasteiger partial charge in [0.15, 0.2) is 0 Å².